The fourth-order valence-electron chi connectivity index (χ4n) is 2.06. The van der Waals surface area contributed by atoms with Crippen LogP contribution in [0, 0.1) is 11.7 Å². The number of nitrogens with one attached hydrogen (secondary N) is 1. The van der Waals surface area contributed by atoms with Crippen molar-refractivity contribution in [1.82, 2.24) is 5.32 Å². The first-order valence-electron chi connectivity index (χ1n) is 7.34. The van der Waals surface area contributed by atoms with Crippen LogP contribution in [-0.2, 0) is 0 Å². The number of amides is 1. The zero-order valence-corrected chi connectivity index (χ0v) is 12.4. The SMILES string of the molecule is CC(C)CCCCCCNC(=O)c1cccc(F)c1N. The lowest BCUT2D eigenvalue weighted by Gasteiger charge is -2.08. The average Bonchev–Trinajstić information content (AvgIpc) is 2.40. The molecule has 0 aliphatic rings. The van der Waals surface area contributed by atoms with Gasteiger partial charge in [0.1, 0.15) is 5.82 Å². The Kier molecular flexibility index (Phi) is 7.05. The Morgan fingerprint density at radius 3 is 2.65 bits per heavy atom. The van der Waals surface area contributed by atoms with Crippen molar-refractivity contribution in [2.45, 2.75) is 46.0 Å². The number of anilines is 1. The molecule has 0 heterocycles. The third kappa shape index (κ3) is 5.59. The standard InChI is InChI=1S/C16H25FN2O/c1-12(2)8-5-3-4-6-11-19-16(20)13-9-7-10-14(17)15(13)18/h7,9-10,12H,3-6,8,11,18H2,1-2H3,(H,19,20). The van der Waals surface area contributed by atoms with Crippen LogP contribution in [0.15, 0.2) is 18.2 Å². The van der Waals surface area contributed by atoms with E-state index in [1.165, 1.54) is 37.5 Å². The van der Waals surface area contributed by atoms with Gasteiger partial charge in [0.25, 0.3) is 5.91 Å². The molecular weight excluding hydrogens is 255 g/mol. The number of rotatable bonds is 8. The van der Waals surface area contributed by atoms with Gasteiger partial charge in [-0.1, -0.05) is 45.6 Å². The first-order valence-corrected chi connectivity index (χ1v) is 7.34. The second kappa shape index (κ2) is 8.56. The summed E-state index contributed by atoms with van der Waals surface area (Å²) in [5, 5.41) is 2.78. The second-order valence-electron chi connectivity index (χ2n) is 5.55. The van der Waals surface area contributed by atoms with E-state index in [1.807, 2.05) is 0 Å². The van der Waals surface area contributed by atoms with Crippen LogP contribution in [0.1, 0.15) is 56.3 Å². The largest absolute Gasteiger partial charge is 0.396 e. The maximum Gasteiger partial charge on any atom is 0.253 e. The molecule has 0 atom stereocenters. The van der Waals surface area contributed by atoms with Crippen LogP contribution in [0.5, 0.6) is 0 Å². The van der Waals surface area contributed by atoms with Crippen LogP contribution in [0.2, 0.25) is 0 Å². The minimum atomic E-state index is -0.550. The Morgan fingerprint density at radius 2 is 1.95 bits per heavy atom. The number of hydrogen-bond acceptors (Lipinski definition) is 2. The molecule has 1 amide bonds. The monoisotopic (exact) mass is 280 g/mol. The summed E-state index contributed by atoms with van der Waals surface area (Å²) in [4.78, 5) is 11.8. The summed E-state index contributed by atoms with van der Waals surface area (Å²) in [5.74, 6) is -0.0961. The Bertz CT molecular complexity index is 432. The Morgan fingerprint density at radius 1 is 1.25 bits per heavy atom. The molecule has 0 unspecified atom stereocenters. The summed E-state index contributed by atoms with van der Waals surface area (Å²) >= 11 is 0. The maximum absolute atomic E-state index is 13.2. The van der Waals surface area contributed by atoms with Crippen LogP contribution in [0.3, 0.4) is 0 Å². The van der Waals surface area contributed by atoms with Crippen molar-refractivity contribution in [3.63, 3.8) is 0 Å². The van der Waals surface area contributed by atoms with Gasteiger partial charge < -0.3 is 11.1 Å². The number of unbranched alkanes of at least 4 members (excludes halogenated alkanes) is 3. The van der Waals surface area contributed by atoms with E-state index in [9.17, 15) is 9.18 Å². The van der Waals surface area contributed by atoms with Crippen LogP contribution in [0.4, 0.5) is 10.1 Å². The zero-order valence-electron chi connectivity index (χ0n) is 12.4. The number of hydrogen-bond donors (Lipinski definition) is 2. The van der Waals surface area contributed by atoms with Gasteiger partial charge in [-0.15, -0.1) is 0 Å². The van der Waals surface area contributed by atoms with E-state index < -0.39 is 5.82 Å². The molecule has 0 bridgehead atoms. The van der Waals surface area contributed by atoms with Gasteiger partial charge in [0.05, 0.1) is 11.3 Å². The van der Waals surface area contributed by atoms with Crippen molar-refractivity contribution in [3.8, 4) is 0 Å². The van der Waals surface area contributed by atoms with Gasteiger partial charge in [-0.25, -0.2) is 4.39 Å². The molecule has 0 saturated carbocycles. The highest BCUT2D eigenvalue weighted by atomic mass is 19.1. The average molecular weight is 280 g/mol. The summed E-state index contributed by atoms with van der Waals surface area (Å²) < 4.78 is 13.2. The molecule has 3 N–H and O–H groups in total. The number of para-hydroxylation sites is 1. The predicted molar refractivity (Wildman–Crippen MR) is 81.1 cm³/mol. The Labute approximate surface area is 120 Å². The van der Waals surface area contributed by atoms with Gasteiger partial charge >= 0.3 is 0 Å². The molecule has 0 aliphatic carbocycles. The van der Waals surface area contributed by atoms with Crippen molar-refractivity contribution in [1.29, 1.82) is 0 Å². The van der Waals surface area contributed by atoms with Crippen LogP contribution >= 0.6 is 0 Å². The molecule has 0 fully saturated rings. The van der Waals surface area contributed by atoms with Crippen molar-refractivity contribution in [3.05, 3.63) is 29.6 Å². The summed E-state index contributed by atoms with van der Waals surface area (Å²) in [6.45, 7) is 5.06. The number of carbonyl (C=O) groups is 1. The molecular formula is C16H25FN2O. The third-order valence-corrected chi connectivity index (χ3v) is 3.29. The number of halogens is 1. The lowest BCUT2D eigenvalue weighted by molar-refractivity contribution is 0.0953. The first kappa shape index (κ1) is 16.5. The number of benzene rings is 1. The summed E-state index contributed by atoms with van der Waals surface area (Å²) in [6, 6.07) is 4.28. The van der Waals surface area contributed by atoms with E-state index in [1.54, 1.807) is 0 Å². The van der Waals surface area contributed by atoms with E-state index in [4.69, 9.17) is 5.73 Å². The van der Waals surface area contributed by atoms with Crippen molar-refractivity contribution in [2.24, 2.45) is 5.92 Å². The van der Waals surface area contributed by atoms with Crippen LogP contribution in [0.25, 0.3) is 0 Å². The minimum absolute atomic E-state index is 0.0815. The highest BCUT2D eigenvalue weighted by molar-refractivity contribution is 5.99. The molecule has 0 aromatic heterocycles. The van der Waals surface area contributed by atoms with E-state index in [2.05, 4.69) is 19.2 Å². The molecule has 20 heavy (non-hydrogen) atoms. The highest BCUT2D eigenvalue weighted by Gasteiger charge is 2.11. The fraction of sp³-hybridized carbons (Fsp3) is 0.562. The smallest absolute Gasteiger partial charge is 0.253 e. The summed E-state index contributed by atoms with van der Waals surface area (Å²) in [7, 11) is 0. The van der Waals surface area contributed by atoms with Crippen LogP contribution in [-0.4, -0.2) is 12.5 Å². The highest BCUT2D eigenvalue weighted by Crippen LogP contribution is 2.15. The zero-order chi connectivity index (χ0) is 15.0. The van der Waals surface area contributed by atoms with Crippen molar-refractivity contribution in [2.75, 3.05) is 12.3 Å². The van der Waals surface area contributed by atoms with Gasteiger partial charge in [-0.3, -0.25) is 4.79 Å². The van der Waals surface area contributed by atoms with E-state index in [-0.39, 0.29) is 17.2 Å². The van der Waals surface area contributed by atoms with Crippen molar-refractivity contribution >= 4 is 11.6 Å². The molecule has 1 rings (SSSR count). The normalized spacial score (nSPS) is 10.8. The Balaban J connectivity index is 2.22. The molecule has 1 aromatic rings. The van der Waals surface area contributed by atoms with E-state index in [0.29, 0.717) is 6.54 Å². The number of nitrogen functional groups attached to an aromatic ring is 1. The van der Waals surface area contributed by atoms with Gasteiger partial charge in [0, 0.05) is 6.54 Å². The number of carbonyl (C=O) groups excluding carboxylic acids is 1. The number of nitrogens with two attached hydrogens (primary N) is 1. The fourth-order valence-corrected chi connectivity index (χ4v) is 2.06. The first-order chi connectivity index (χ1) is 9.52. The summed E-state index contributed by atoms with van der Waals surface area (Å²) in [5.41, 5.74) is 5.68. The molecule has 3 nitrogen and oxygen atoms in total. The molecule has 0 saturated heterocycles. The van der Waals surface area contributed by atoms with Crippen molar-refractivity contribution < 1.29 is 9.18 Å². The van der Waals surface area contributed by atoms with E-state index >= 15 is 0 Å². The Hall–Kier alpha value is -1.58. The minimum Gasteiger partial charge on any atom is -0.396 e. The summed E-state index contributed by atoms with van der Waals surface area (Å²) in [6.07, 6.45) is 5.73. The topological polar surface area (TPSA) is 55.1 Å². The second-order valence-corrected chi connectivity index (χ2v) is 5.55. The predicted octanol–water partition coefficient (Wildman–Crippen LogP) is 3.74. The molecule has 1 aromatic carbocycles. The van der Waals surface area contributed by atoms with Gasteiger partial charge in [0.2, 0.25) is 0 Å². The molecule has 112 valence electrons. The molecule has 0 aliphatic heterocycles. The van der Waals surface area contributed by atoms with Gasteiger partial charge in [-0.2, -0.15) is 0 Å². The quantitative estimate of drug-likeness (QED) is 0.563. The van der Waals surface area contributed by atoms with E-state index in [0.717, 1.165) is 18.8 Å². The van der Waals surface area contributed by atoms with Gasteiger partial charge in [0.15, 0.2) is 0 Å². The lowest BCUT2D eigenvalue weighted by Crippen LogP contribution is -2.25. The molecule has 0 spiro atoms. The van der Waals surface area contributed by atoms with Gasteiger partial charge in [-0.05, 0) is 24.5 Å². The lowest BCUT2D eigenvalue weighted by atomic mass is 10.0. The molecule has 4 heteroatoms. The molecule has 0 radical (unpaired) electrons. The third-order valence-electron chi connectivity index (χ3n) is 3.29. The maximum atomic E-state index is 13.2. The van der Waals surface area contributed by atoms with Crippen LogP contribution < -0.4 is 11.1 Å².